The Balaban J connectivity index is 1.76. The highest BCUT2D eigenvalue weighted by molar-refractivity contribution is 7.16. The molecule has 1 aliphatic rings. The lowest BCUT2D eigenvalue weighted by Crippen LogP contribution is -2.49. The number of aromatic nitrogens is 3. The van der Waals surface area contributed by atoms with Crippen molar-refractivity contribution in [3.05, 3.63) is 33.7 Å². The van der Waals surface area contributed by atoms with Crippen molar-refractivity contribution in [1.29, 1.82) is 0 Å². The Morgan fingerprint density at radius 1 is 1.31 bits per heavy atom. The summed E-state index contributed by atoms with van der Waals surface area (Å²) in [5, 5.41) is 7.60. The van der Waals surface area contributed by atoms with Gasteiger partial charge in [-0.05, 0) is 50.6 Å². The first kappa shape index (κ1) is 17.3. The van der Waals surface area contributed by atoms with Gasteiger partial charge in [-0.3, -0.25) is 14.0 Å². The molecule has 0 unspecified atom stereocenters. The first-order valence-electron chi connectivity index (χ1n) is 9.31. The third kappa shape index (κ3) is 2.65. The fraction of sp³-hybridized carbons (Fsp3) is 0.526. The quantitative estimate of drug-likeness (QED) is 0.710. The molecule has 4 heterocycles. The number of carbonyl (C=O) groups excluding carboxylic acids is 1. The number of likely N-dealkylation sites (tertiary alicyclic amines) is 1. The molecule has 26 heavy (non-hydrogen) atoms. The molecule has 2 atom stereocenters. The summed E-state index contributed by atoms with van der Waals surface area (Å²) in [6, 6.07) is 4.35. The molecule has 138 valence electrons. The highest BCUT2D eigenvalue weighted by Crippen LogP contribution is 2.25. The summed E-state index contributed by atoms with van der Waals surface area (Å²) in [5.74, 6) is 0.795. The summed E-state index contributed by atoms with van der Waals surface area (Å²) in [5.41, 5.74) is 0.405. The van der Waals surface area contributed by atoms with E-state index in [0.29, 0.717) is 11.9 Å². The van der Waals surface area contributed by atoms with Crippen molar-refractivity contribution in [2.45, 2.75) is 65.1 Å². The maximum atomic E-state index is 13.0. The number of amides is 1. The molecule has 1 saturated heterocycles. The van der Waals surface area contributed by atoms with Gasteiger partial charge < -0.3 is 4.90 Å². The molecule has 6 nitrogen and oxygen atoms in total. The van der Waals surface area contributed by atoms with Crippen molar-refractivity contribution in [1.82, 2.24) is 19.1 Å². The number of hydrogen-bond acceptors (Lipinski definition) is 4. The zero-order valence-corrected chi connectivity index (χ0v) is 16.3. The van der Waals surface area contributed by atoms with Gasteiger partial charge in [0.15, 0.2) is 0 Å². The predicted octanol–water partition coefficient (Wildman–Crippen LogP) is 3.06. The average Bonchev–Trinajstić information content (AvgIpc) is 3.18. The van der Waals surface area contributed by atoms with Crippen LogP contribution in [0.15, 0.2) is 22.3 Å². The van der Waals surface area contributed by atoms with E-state index in [9.17, 15) is 9.59 Å². The van der Waals surface area contributed by atoms with Crippen LogP contribution in [0, 0.1) is 0 Å². The minimum absolute atomic E-state index is 0.00976. The maximum absolute atomic E-state index is 13.0. The number of carbonyl (C=O) groups is 1. The van der Waals surface area contributed by atoms with Gasteiger partial charge in [0.1, 0.15) is 22.7 Å². The lowest BCUT2D eigenvalue weighted by atomic mass is 9.97. The third-order valence-electron chi connectivity index (χ3n) is 5.44. The predicted molar refractivity (Wildman–Crippen MR) is 104 cm³/mol. The Bertz CT molecular complexity index is 1020. The fourth-order valence-electron chi connectivity index (χ4n) is 4.16. The SMILES string of the molecule is CCc1nn(CC(=O)N2[C@H](C)CCC[C@H]2C)c(=O)c2cc3ccsc3n12. The van der Waals surface area contributed by atoms with E-state index < -0.39 is 0 Å². The molecule has 0 aromatic carbocycles. The minimum atomic E-state index is -0.198. The number of hydrogen-bond donors (Lipinski definition) is 0. The lowest BCUT2D eigenvalue weighted by Gasteiger charge is -2.39. The zero-order chi connectivity index (χ0) is 18.4. The van der Waals surface area contributed by atoms with Gasteiger partial charge in [-0.15, -0.1) is 11.3 Å². The molecule has 0 N–H and O–H groups in total. The first-order valence-corrected chi connectivity index (χ1v) is 10.2. The molecular formula is C19H24N4O2S. The Hall–Kier alpha value is -2.15. The van der Waals surface area contributed by atoms with E-state index in [0.717, 1.165) is 35.3 Å². The highest BCUT2D eigenvalue weighted by atomic mass is 32.1. The van der Waals surface area contributed by atoms with Crippen molar-refractivity contribution in [2.75, 3.05) is 0 Å². The molecule has 3 aromatic heterocycles. The van der Waals surface area contributed by atoms with Gasteiger partial charge in [0.25, 0.3) is 5.56 Å². The van der Waals surface area contributed by atoms with E-state index in [-0.39, 0.29) is 30.1 Å². The molecule has 1 aliphatic heterocycles. The Morgan fingerprint density at radius 2 is 2.04 bits per heavy atom. The summed E-state index contributed by atoms with van der Waals surface area (Å²) in [4.78, 5) is 28.9. The number of piperidine rings is 1. The molecule has 0 aliphatic carbocycles. The van der Waals surface area contributed by atoms with Crippen molar-refractivity contribution >= 4 is 33.0 Å². The molecule has 1 amide bonds. The Morgan fingerprint density at radius 3 is 2.73 bits per heavy atom. The summed E-state index contributed by atoms with van der Waals surface area (Å²) < 4.78 is 3.30. The van der Waals surface area contributed by atoms with E-state index in [1.165, 1.54) is 4.68 Å². The van der Waals surface area contributed by atoms with Crippen molar-refractivity contribution < 1.29 is 4.79 Å². The lowest BCUT2D eigenvalue weighted by molar-refractivity contribution is -0.138. The van der Waals surface area contributed by atoms with Crippen LogP contribution in [0.3, 0.4) is 0 Å². The molecule has 0 radical (unpaired) electrons. The zero-order valence-electron chi connectivity index (χ0n) is 15.4. The van der Waals surface area contributed by atoms with Gasteiger partial charge in [-0.2, -0.15) is 5.10 Å². The van der Waals surface area contributed by atoms with E-state index in [4.69, 9.17) is 0 Å². The molecule has 0 saturated carbocycles. The summed E-state index contributed by atoms with van der Waals surface area (Å²) in [6.07, 6.45) is 3.89. The van der Waals surface area contributed by atoms with Crippen molar-refractivity contribution in [3.8, 4) is 0 Å². The number of thiophene rings is 1. The number of fused-ring (bicyclic) bond motifs is 3. The molecule has 3 aromatic rings. The standard InChI is InChI=1S/C19H24N4O2S/c1-4-16-20-21(11-17(24)22-12(2)6-5-7-13(22)3)18(25)15-10-14-8-9-26-19(14)23(15)16/h8-10,12-13H,4-7,11H2,1-3H3/t12-,13-/m1/s1. The molecular weight excluding hydrogens is 348 g/mol. The summed E-state index contributed by atoms with van der Waals surface area (Å²) in [6.45, 7) is 6.21. The van der Waals surface area contributed by atoms with Gasteiger partial charge in [0.05, 0.1) is 0 Å². The molecule has 1 fully saturated rings. The molecule has 4 rings (SSSR count). The number of rotatable bonds is 3. The van der Waals surface area contributed by atoms with E-state index >= 15 is 0 Å². The second-order valence-corrected chi connectivity index (χ2v) is 8.10. The largest absolute Gasteiger partial charge is 0.336 e. The average molecular weight is 372 g/mol. The van der Waals surface area contributed by atoms with Gasteiger partial charge in [0.2, 0.25) is 5.91 Å². The normalized spacial score (nSPS) is 21.0. The fourth-order valence-corrected chi connectivity index (χ4v) is 5.07. The topological polar surface area (TPSA) is 59.6 Å². The Labute approximate surface area is 156 Å². The van der Waals surface area contributed by atoms with E-state index in [1.807, 2.05) is 33.7 Å². The van der Waals surface area contributed by atoms with Crippen molar-refractivity contribution in [2.24, 2.45) is 0 Å². The molecule has 7 heteroatoms. The van der Waals surface area contributed by atoms with Crippen LogP contribution < -0.4 is 5.56 Å². The Kier molecular flexibility index (Phi) is 4.34. The second kappa shape index (κ2) is 6.54. The van der Waals surface area contributed by atoms with Crippen LogP contribution in [-0.2, 0) is 17.8 Å². The molecule has 0 bridgehead atoms. The van der Waals surface area contributed by atoms with Crippen molar-refractivity contribution in [3.63, 3.8) is 0 Å². The van der Waals surface area contributed by atoms with Crippen LogP contribution in [0.2, 0.25) is 0 Å². The van der Waals surface area contributed by atoms with Gasteiger partial charge in [-0.25, -0.2) is 4.68 Å². The monoisotopic (exact) mass is 372 g/mol. The summed E-state index contributed by atoms with van der Waals surface area (Å²) >= 11 is 1.60. The maximum Gasteiger partial charge on any atom is 0.291 e. The van der Waals surface area contributed by atoms with Crippen LogP contribution in [0.5, 0.6) is 0 Å². The summed E-state index contributed by atoms with van der Waals surface area (Å²) in [7, 11) is 0. The van der Waals surface area contributed by atoms with Crippen LogP contribution in [0.1, 0.15) is 45.9 Å². The van der Waals surface area contributed by atoms with Crippen LogP contribution >= 0.6 is 11.3 Å². The molecule has 0 spiro atoms. The van der Waals surface area contributed by atoms with Crippen LogP contribution in [0.4, 0.5) is 0 Å². The van der Waals surface area contributed by atoms with Gasteiger partial charge in [0, 0.05) is 23.9 Å². The minimum Gasteiger partial charge on any atom is -0.336 e. The van der Waals surface area contributed by atoms with E-state index in [2.05, 4.69) is 18.9 Å². The second-order valence-electron chi connectivity index (χ2n) is 7.21. The first-order chi connectivity index (χ1) is 12.5. The van der Waals surface area contributed by atoms with Gasteiger partial charge in [-0.1, -0.05) is 6.92 Å². The number of aryl methyl sites for hydroxylation is 1. The van der Waals surface area contributed by atoms with Crippen LogP contribution in [-0.4, -0.2) is 37.1 Å². The van der Waals surface area contributed by atoms with Crippen LogP contribution in [0.25, 0.3) is 15.7 Å². The third-order valence-corrected chi connectivity index (χ3v) is 6.35. The van der Waals surface area contributed by atoms with E-state index in [1.54, 1.807) is 11.3 Å². The highest BCUT2D eigenvalue weighted by Gasteiger charge is 2.29. The number of nitrogens with zero attached hydrogens (tertiary/aromatic N) is 4. The van der Waals surface area contributed by atoms with Gasteiger partial charge >= 0.3 is 0 Å². The smallest absolute Gasteiger partial charge is 0.291 e.